The van der Waals surface area contributed by atoms with Crippen LogP contribution in [0.4, 0.5) is 11.6 Å². The van der Waals surface area contributed by atoms with E-state index in [1.165, 1.54) is 6.39 Å². The van der Waals surface area contributed by atoms with Gasteiger partial charge in [0.15, 0.2) is 11.5 Å². The lowest BCUT2D eigenvalue weighted by Crippen LogP contribution is -2.30. The Balaban J connectivity index is 1.96. The molecule has 29 heavy (non-hydrogen) atoms. The number of ether oxygens (including phenoxy) is 2. The van der Waals surface area contributed by atoms with Crippen LogP contribution in [0.2, 0.25) is 0 Å². The van der Waals surface area contributed by atoms with Crippen molar-refractivity contribution < 1.29 is 14.0 Å². The smallest absolute Gasteiger partial charge is 0.286 e. The second kappa shape index (κ2) is 7.46. The predicted molar refractivity (Wildman–Crippen MR) is 111 cm³/mol. The van der Waals surface area contributed by atoms with E-state index in [1.54, 1.807) is 19.2 Å². The van der Waals surface area contributed by atoms with Crippen LogP contribution in [0.3, 0.4) is 0 Å². The molecule has 1 aliphatic rings. The minimum absolute atomic E-state index is 0.00294. The van der Waals surface area contributed by atoms with Gasteiger partial charge in [-0.2, -0.15) is 10.1 Å². The second-order valence-corrected chi connectivity index (χ2v) is 7.01. The molecule has 2 N–H and O–H groups in total. The van der Waals surface area contributed by atoms with Crippen molar-refractivity contribution in [1.29, 1.82) is 0 Å². The molecule has 1 aliphatic heterocycles. The fourth-order valence-electron chi connectivity index (χ4n) is 3.52. The molecule has 4 rings (SSSR count). The minimum Gasteiger partial charge on any atom is -0.493 e. The summed E-state index contributed by atoms with van der Waals surface area (Å²) in [6, 6.07) is 9.85. The van der Waals surface area contributed by atoms with Gasteiger partial charge in [0.05, 0.1) is 26.0 Å². The van der Waals surface area contributed by atoms with E-state index in [1.807, 2.05) is 37.3 Å². The number of anilines is 2. The molecule has 2 aromatic carbocycles. The molecule has 0 spiro atoms. The number of fused-ring (bicyclic) bond motifs is 1. The third-order valence-electron chi connectivity index (χ3n) is 5.10. The number of aromatic nitrogens is 2. The van der Waals surface area contributed by atoms with Crippen molar-refractivity contribution >= 4 is 17.3 Å². The van der Waals surface area contributed by atoms with E-state index >= 15 is 0 Å². The Hall–Kier alpha value is -3.55. The quantitative estimate of drug-likeness (QED) is 0.680. The molecule has 1 aromatic heterocycles. The summed E-state index contributed by atoms with van der Waals surface area (Å²) in [5.41, 5.74) is 11.5. The molecule has 3 aromatic rings. The first-order chi connectivity index (χ1) is 14.0. The fraction of sp³-hybridized carbons (Fsp3) is 0.286. The van der Waals surface area contributed by atoms with Gasteiger partial charge in [0.2, 0.25) is 6.39 Å². The highest BCUT2D eigenvalue weighted by Crippen LogP contribution is 2.35. The van der Waals surface area contributed by atoms with Crippen molar-refractivity contribution in [3.05, 3.63) is 59.0 Å². The van der Waals surface area contributed by atoms with Crippen LogP contribution in [0.15, 0.2) is 46.3 Å². The van der Waals surface area contributed by atoms with Gasteiger partial charge in [-0.15, -0.1) is 0 Å². The summed E-state index contributed by atoms with van der Waals surface area (Å²) in [7, 11) is 3.26. The van der Waals surface area contributed by atoms with Gasteiger partial charge in [-0.3, -0.25) is 0 Å². The molecule has 0 amide bonds. The molecule has 0 bridgehead atoms. The highest BCUT2D eigenvalue weighted by Gasteiger charge is 2.28. The summed E-state index contributed by atoms with van der Waals surface area (Å²) in [6.45, 7) is 4.04. The molecular formula is C21H23N5O3. The number of aryl methyl sites for hydroxylation is 1. The summed E-state index contributed by atoms with van der Waals surface area (Å²) in [4.78, 5) is 4.19. The third kappa shape index (κ3) is 3.37. The zero-order chi connectivity index (χ0) is 20.5. The summed E-state index contributed by atoms with van der Waals surface area (Å²) in [5, 5.41) is 10.7. The van der Waals surface area contributed by atoms with Crippen LogP contribution >= 0.6 is 0 Å². The van der Waals surface area contributed by atoms with Gasteiger partial charge in [0.25, 0.3) is 5.95 Å². The van der Waals surface area contributed by atoms with Gasteiger partial charge < -0.3 is 19.7 Å². The molecule has 1 atom stereocenters. The lowest BCUT2D eigenvalue weighted by molar-refractivity contribution is 0.354. The van der Waals surface area contributed by atoms with Crippen molar-refractivity contribution in [3.8, 4) is 11.5 Å². The largest absolute Gasteiger partial charge is 0.493 e. The summed E-state index contributed by atoms with van der Waals surface area (Å²) in [6.07, 6.45) is 2.01. The second-order valence-electron chi connectivity index (χ2n) is 7.01. The number of nitrogens with zero attached hydrogens (tertiary/aromatic N) is 4. The van der Waals surface area contributed by atoms with Crippen molar-refractivity contribution in [2.24, 2.45) is 5.10 Å². The summed E-state index contributed by atoms with van der Waals surface area (Å²) < 4.78 is 16.0. The van der Waals surface area contributed by atoms with Crippen LogP contribution < -0.4 is 20.2 Å². The number of methoxy groups -OCH3 is 2. The van der Waals surface area contributed by atoms with Crippen LogP contribution in [0, 0.1) is 6.92 Å². The maximum Gasteiger partial charge on any atom is 0.286 e. The Bertz CT molecular complexity index is 1060. The molecule has 2 heterocycles. The van der Waals surface area contributed by atoms with Crippen LogP contribution in [0.1, 0.15) is 29.2 Å². The van der Waals surface area contributed by atoms with Gasteiger partial charge in [-0.05, 0) is 60.8 Å². The minimum atomic E-state index is -0.00294. The van der Waals surface area contributed by atoms with Crippen molar-refractivity contribution in [1.82, 2.24) is 10.1 Å². The van der Waals surface area contributed by atoms with Crippen LogP contribution in [-0.2, 0) is 6.42 Å². The Kier molecular flexibility index (Phi) is 4.84. The standard InChI is InChI=1S/C21H23N5O3/c1-12-7-14(5-6-17(12)22)20-16-10-19(28-4)18(27-3)9-15(16)8-13(2)26(24-20)21-23-11-29-25-21/h5-7,9-11,13H,8,22H2,1-4H3/t13-/m1/s1. The number of benzene rings is 2. The zero-order valence-electron chi connectivity index (χ0n) is 16.8. The number of hydrogen-bond donors (Lipinski definition) is 1. The van der Waals surface area contributed by atoms with E-state index in [2.05, 4.69) is 17.1 Å². The first-order valence-corrected chi connectivity index (χ1v) is 9.27. The molecule has 0 unspecified atom stereocenters. The van der Waals surface area contributed by atoms with Gasteiger partial charge in [0.1, 0.15) is 0 Å². The number of nitrogen functional groups attached to an aromatic ring is 1. The monoisotopic (exact) mass is 393 g/mol. The maximum absolute atomic E-state index is 6.03. The zero-order valence-corrected chi connectivity index (χ0v) is 16.8. The highest BCUT2D eigenvalue weighted by molar-refractivity contribution is 6.15. The third-order valence-corrected chi connectivity index (χ3v) is 5.10. The number of hydrazone groups is 1. The Morgan fingerprint density at radius 3 is 2.55 bits per heavy atom. The molecular weight excluding hydrogens is 370 g/mol. The average Bonchev–Trinajstić information content (AvgIpc) is 3.20. The van der Waals surface area contributed by atoms with Crippen LogP contribution in [-0.4, -0.2) is 36.1 Å². The molecule has 0 saturated carbocycles. The first-order valence-electron chi connectivity index (χ1n) is 9.27. The number of hydrogen-bond acceptors (Lipinski definition) is 8. The Morgan fingerprint density at radius 1 is 1.14 bits per heavy atom. The molecule has 0 saturated heterocycles. The van der Waals surface area contributed by atoms with Gasteiger partial charge in [-0.25, -0.2) is 5.01 Å². The first kappa shape index (κ1) is 18.8. The van der Waals surface area contributed by atoms with E-state index in [-0.39, 0.29) is 6.04 Å². The van der Waals surface area contributed by atoms with Crippen molar-refractivity contribution in [3.63, 3.8) is 0 Å². The van der Waals surface area contributed by atoms with E-state index < -0.39 is 0 Å². The molecule has 0 radical (unpaired) electrons. The van der Waals surface area contributed by atoms with E-state index in [9.17, 15) is 0 Å². The molecule has 0 fully saturated rings. The van der Waals surface area contributed by atoms with E-state index in [0.717, 1.165) is 33.7 Å². The lowest BCUT2D eigenvalue weighted by Gasteiger charge is -2.21. The SMILES string of the molecule is COc1cc2c(cc1OC)C(c1ccc(N)c(C)c1)=NN(c1ncon1)[C@H](C)C2. The molecule has 8 heteroatoms. The predicted octanol–water partition coefficient (Wildman–Crippen LogP) is 3.18. The normalized spacial score (nSPS) is 16.1. The Morgan fingerprint density at radius 2 is 1.90 bits per heavy atom. The van der Waals surface area contributed by atoms with Gasteiger partial charge in [0, 0.05) is 16.8 Å². The molecule has 8 nitrogen and oxygen atoms in total. The molecule has 150 valence electrons. The van der Waals surface area contributed by atoms with E-state index in [4.69, 9.17) is 24.8 Å². The van der Waals surface area contributed by atoms with Crippen molar-refractivity contribution in [2.75, 3.05) is 25.0 Å². The summed E-state index contributed by atoms with van der Waals surface area (Å²) >= 11 is 0. The highest BCUT2D eigenvalue weighted by atomic mass is 16.5. The fourth-order valence-corrected chi connectivity index (χ4v) is 3.52. The summed E-state index contributed by atoms with van der Waals surface area (Å²) in [5.74, 6) is 1.74. The van der Waals surface area contributed by atoms with Crippen LogP contribution in [0.25, 0.3) is 0 Å². The lowest BCUT2D eigenvalue weighted by atomic mass is 9.93. The Labute approximate surface area is 168 Å². The maximum atomic E-state index is 6.03. The molecule has 0 aliphatic carbocycles. The van der Waals surface area contributed by atoms with Crippen LogP contribution in [0.5, 0.6) is 11.5 Å². The average molecular weight is 393 g/mol. The number of nitrogens with two attached hydrogens (primary N) is 1. The topological polar surface area (TPSA) is 99.0 Å². The van der Waals surface area contributed by atoms with E-state index in [0.29, 0.717) is 23.9 Å². The number of rotatable bonds is 4. The van der Waals surface area contributed by atoms with Crippen molar-refractivity contribution in [2.45, 2.75) is 26.3 Å². The van der Waals surface area contributed by atoms with Gasteiger partial charge >= 0.3 is 0 Å². The van der Waals surface area contributed by atoms with Gasteiger partial charge in [-0.1, -0.05) is 6.07 Å².